The van der Waals surface area contributed by atoms with Crippen LogP contribution in [0.15, 0.2) is 24.8 Å². The molecular weight excluding hydrogens is 220 g/mol. The van der Waals surface area contributed by atoms with E-state index in [-0.39, 0.29) is 0 Å². The summed E-state index contributed by atoms with van der Waals surface area (Å²) in [4.78, 5) is 0. The van der Waals surface area contributed by atoms with Crippen LogP contribution in [0.3, 0.4) is 0 Å². The Labute approximate surface area is 109 Å². The van der Waals surface area contributed by atoms with E-state index in [0.717, 1.165) is 17.4 Å². The molecule has 1 aliphatic carbocycles. The van der Waals surface area contributed by atoms with Gasteiger partial charge in [0.2, 0.25) is 0 Å². The van der Waals surface area contributed by atoms with E-state index < -0.39 is 8.07 Å². The highest BCUT2D eigenvalue weighted by Crippen LogP contribution is 2.47. The summed E-state index contributed by atoms with van der Waals surface area (Å²) >= 11 is 0. The molecule has 3 unspecified atom stereocenters. The summed E-state index contributed by atoms with van der Waals surface area (Å²) in [5, 5.41) is 0. The molecule has 0 aromatic rings. The van der Waals surface area contributed by atoms with E-state index in [0.29, 0.717) is 0 Å². The topological polar surface area (TPSA) is 0 Å². The lowest BCUT2D eigenvalue weighted by molar-refractivity contribution is 0.633. The van der Waals surface area contributed by atoms with E-state index in [1.54, 1.807) is 0 Å². The smallest absolute Gasteiger partial charge is 0.0479 e. The maximum absolute atomic E-state index is 3.99. The van der Waals surface area contributed by atoms with Crippen molar-refractivity contribution in [2.75, 3.05) is 0 Å². The number of hydrogen-bond donors (Lipinski definition) is 0. The second-order valence-electron chi connectivity index (χ2n) is 6.67. The highest BCUT2D eigenvalue weighted by atomic mass is 28.3. The van der Waals surface area contributed by atoms with Crippen molar-refractivity contribution in [2.24, 2.45) is 11.8 Å². The van der Waals surface area contributed by atoms with Gasteiger partial charge in [0.05, 0.1) is 0 Å². The molecule has 1 fully saturated rings. The number of unbranched alkanes of at least 4 members (excludes halogenated alkanes) is 2. The molecule has 3 atom stereocenters. The maximum atomic E-state index is 3.99. The fourth-order valence-electron chi connectivity index (χ4n) is 3.10. The van der Waals surface area contributed by atoms with Crippen molar-refractivity contribution in [1.82, 2.24) is 0 Å². The Morgan fingerprint density at radius 3 is 2.47 bits per heavy atom. The molecule has 1 rings (SSSR count). The van der Waals surface area contributed by atoms with Crippen LogP contribution in [0.5, 0.6) is 0 Å². The molecular formula is C16H30Si. The van der Waals surface area contributed by atoms with Gasteiger partial charge in [0, 0.05) is 8.07 Å². The lowest BCUT2D eigenvalue weighted by atomic mass is 10.0. The molecule has 0 spiro atoms. The SMILES string of the molecule is C=CC1CC(C=CCCCC)C([Si](C)(C)C)C1. The first-order valence-electron chi connectivity index (χ1n) is 7.28. The summed E-state index contributed by atoms with van der Waals surface area (Å²) in [7, 11) is -1.01. The molecule has 1 saturated carbocycles. The Morgan fingerprint density at radius 1 is 1.24 bits per heavy atom. The average molecular weight is 251 g/mol. The summed E-state index contributed by atoms with van der Waals surface area (Å²) < 4.78 is 0. The molecule has 98 valence electrons. The van der Waals surface area contributed by atoms with Crippen molar-refractivity contribution in [2.45, 2.75) is 64.2 Å². The zero-order chi connectivity index (χ0) is 12.9. The van der Waals surface area contributed by atoms with Crippen molar-refractivity contribution >= 4 is 8.07 Å². The van der Waals surface area contributed by atoms with Crippen LogP contribution in [0.1, 0.15) is 39.0 Å². The Morgan fingerprint density at radius 2 is 1.94 bits per heavy atom. The van der Waals surface area contributed by atoms with Crippen LogP contribution in [-0.4, -0.2) is 8.07 Å². The zero-order valence-corrected chi connectivity index (χ0v) is 13.2. The molecule has 1 heteroatoms. The van der Waals surface area contributed by atoms with Crippen LogP contribution < -0.4 is 0 Å². The number of rotatable bonds is 6. The summed E-state index contributed by atoms with van der Waals surface area (Å²) in [6, 6.07) is 0. The van der Waals surface area contributed by atoms with Crippen LogP contribution in [0.2, 0.25) is 25.2 Å². The van der Waals surface area contributed by atoms with Gasteiger partial charge in [0.25, 0.3) is 0 Å². The molecule has 0 N–H and O–H groups in total. The third-order valence-corrected chi connectivity index (χ3v) is 7.09. The molecule has 0 radical (unpaired) electrons. The van der Waals surface area contributed by atoms with Gasteiger partial charge < -0.3 is 0 Å². The number of hydrogen-bond acceptors (Lipinski definition) is 0. The second kappa shape index (κ2) is 6.58. The molecule has 0 heterocycles. The second-order valence-corrected chi connectivity index (χ2v) is 12.1. The lowest BCUT2D eigenvalue weighted by Crippen LogP contribution is -2.30. The minimum atomic E-state index is -1.01. The van der Waals surface area contributed by atoms with E-state index in [4.69, 9.17) is 0 Å². The fourth-order valence-corrected chi connectivity index (χ4v) is 5.65. The molecule has 0 aromatic carbocycles. The van der Waals surface area contributed by atoms with Gasteiger partial charge >= 0.3 is 0 Å². The molecule has 1 aliphatic rings. The molecule has 0 bridgehead atoms. The highest BCUT2D eigenvalue weighted by Gasteiger charge is 2.39. The Hall–Kier alpha value is -0.303. The zero-order valence-electron chi connectivity index (χ0n) is 12.2. The first-order valence-corrected chi connectivity index (χ1v) is 10.9. The minimum Gasteiger partial charge on any atom is -0.103 e. The molecule has 0 nitrogen and oxygen atoms in total. The third kappa shape index (κ3) is 4.46. The van der Waals surface area contributed by atoms with Gasteiger partial charge in [0.15, 0.2) is 0 Å². The van der Waals surface area contributed by atoms with Crippen molar-refractivity contribution in [3.8, 4) is 0 Å². The van der Waals surface area contributed by atoms with Crippen molar-refractivity contribution in [1.29, 1.82) is 0 Å². The Bertz CT molecular complexity index is 259. The van der Waals surface area contributed by atoms with Gasteiger partial charge in [-0.05, 0) is 36.6 Å². The van der Waals surface area contributed by atoms with Crippen molar-refractivity contribution in [3.05, 3.63) is 24.8 Å². The van der Waals surface area contributed by atoms with Gasteiger partial charge in [-0.25, -0.2) is 0 Å². The average Bonchev–Trinajstić information content (AvgIpc) is 2.67. The predicted octanol–water partition coefficient (Wildman–Crippen LogP) is 5.65. The van der Waals surface area contributed by atoms with Crippen LogP contribution >= 0.6 is 0 Å². The van der Waals surface area contributed by atoms with E-state index in [9.17, 15) is 0 Å². The van der Waals surface area contributed by atoms with Crippen LogP contribution in [-0.2, 0) is 0 Å². The first kappa shape index (κ1) is 14.8. The van der Waals surface area contributed by atoms with Crippen LogP contribution in [0.4, 0.5) is 0 Å². The molecule has 0 aromatic heterocycles. The molecule has 17 heavy (non-hydrogen) atoms. The monoisotopic (exact) mass is 250 g/mol. The minimum absolute atomic E-state index is 0.771. The van der Waals surface area contributed by atoms with E-state index in [2.05, 4.69) is 51.4 Å². The molecule has 0 saturated heterocycles. The molecule has 0 aliphatic heterocycles. The van der Waals surface area contributed by atoms with Crippen LogP contribution in [0.25, 0.3) is 0 Å². The Kier molecular flexibility index (Phi) is 5.71. The summed E-state index contributed by atoms with van der Waals surface area (Å²) in [6.07, 6.45) is 13.8. The van der Waals surface area contributed by atoms with Crippen molar-refractivity contribution < 1.29 is 0 Å². The van der Waals surface area contributed by atoms with Gasteiger partial charge in [-0.15, -0.1) is 6.58 Å². The quantitative estimate of drug-likeness (QED) is 0.324. The van der Waals surface area contributed by atoms with Gasteiger partial charge in [-0.2, -0.15) is 0 Å². The molecule has 0 amide bonds. The van der Waals surface area contributed by atoms with Crippen LogP contribution in [0, 0.1) is 11.8 Å². The van der Waals surface area contributed by atoms with E-state index in [1.165, 1.54) is 32.1 Å². The number of allylic oxidation sites excluding steroid dienone is 3. The normalized spacial score (nSPS) is 30.0. The summed E-state index contributed by atoms with van der Waals surface area (Å²) in [5.41, 5.74) is 0.961. The third-order valence-electron chi connectivity index (χ3n) is 4.20. The standard InChI is InChI=1S/C16H30Si/c1-6-8-9-10-11-15-12-14(7-2)13-16(15)17(3,4)5/h7,10-11,14-16H,2,6,8-9,12-13H2,1,3-5H3. The highest BCUT2D eigenvalue weighted by molar-refractivity contribution is 6.77. The van der Waals surface area contributed by atoms with E-state index in [1.807, 2.05) is 0 Å². The largest absolute Gasteiger partial charge is 0.103 e. The summed E-state index contributed by atoms with van der Waals surface area (Å²) in [5.74, 6) is 1.61. The predicted molar refractivity (Wildman–Crippen MR) is 82.2 cm³/mol. The Balaban J connectivity index is 2.60. The van der Waals surface area contributed by atoms with Gasteiger partial charge in [0.1, 0.15) is 0 Å². The van der Waals surface area contributed by atoms with Gasteiger partial charge in [-0.3, -0.25) is 0 Å². The first-order chi connectivity index (χ1) is 7.99. The maximum Gasteiger partial charge on any atom is 0.0479 e. The summed E-state index contributed by atoms with van der Waals surface area (Å²) in [6.45, 7) is 13.8. The van der Waals surface area contributed by atoms with E-state index >= 15 is 0 Å². The fraction of sp³-hybridized carbons (Fsp3) is 0.750. The van der Waals surface area contributed by atoms with Gasteiger partial charge in [-0.1, -0.05) is 57.6 Å². The lowest BCUT2D eigenvalue weighted by Gasteiger charge is -2.29. The van der Waals surface area contributed by atoms with Crippen molar-refractivity contribution in [3.63, 3.8) is 0 Å².